The molecule has 8 nitrogen and oxygen atoms in total. The van der Waals surface area contributed by atoms with Crippen LogP contribution in [0.3, 0.4) is 0 Å². The van der Waals surface area contributed by atoms with E-state index in [1.54, 1.807) is 24.3 Å². The third-order valence-corrected chi connectivity index (χ3v) is 8.26. The van der Waals surface area contributed by atoms with E-state index < -0.39 is 11.1 Å². The summed E-state index contributed by atoms with van der Waals surface area (Å²) in [4.78, 5) is 58.3. The topological polar surface area (TPSA) is 93.2 Å². The zero-order chi connectivity index (χ0) is 27.2. The van der Waals surface area contributed by atoms with Crippen molar-refractivity contribution in [1.82, 2.24) is 9.80 Å². The van der Waals surface area contributed by atoms with E-state index in [-0.39, 0.29) is 45.4 Å². The fourth-order valence-corrected chi connectivity index (χ4v) is 5.67. The van der Waals surface area contributed by atoms with Gasteiger partial charge in [0.1, 0.15) is 0 Å². The molecule has 0 saturated carbocycles. The molecule has 38 heavy (non-hydrogen) atoms. The van der Waals surface area contributed by atoms with Gasteiger partial charge in [-0.25, -0.2) is 0 Å². The van der Waals surface area contributed by atoms with E-state index in [1.807, 2.05) is 27.7 Å². The van der Waals surface area contributed by atoms with Crippen LogP contribution in [-0.4, -0.2) is 96.6 Å². The van der Waals surface area contributed by atoms with Crippen molar-refractivity contribution >= 4 is 23.1 Å². The van der Waals surface area contributed by atoms with Gasteiger partial charge < -0.3 is 9.47 Å². The Bertz CT molecular complexity index is 1220. The predicted octanol–water partition coefficient (Wildman–Crippen LogP) is 3.05. The largest absolute Gasteiger partial charge is 0.379 e. The summed E-state index contributed by atoms with van der Waals surface area (Å²) in [5, 5.41) is 0. The molecule has 2 saturated heterocycles. The molecule has 2 fully saturated rings. The molecule has 0 N–H and O–H groups in total. The van der Waals surface area contributed by atoms with Crippen LogP contribution in [0, 0.1) is 0 Å². The fraction of sp³-hybridized carbons (Fsp3) is 0.467. The van der Waals surface area contributed by atoms with E-state index in [2.05, 4.69) is 9.80 Å². The Morgan fingerprint density at radius 3 is 1.32 bits per heavy atom. The molecule has 0 amide bonds. The Hall–Kier alpha value is -3.04. The normalized spacial score (nSPS) is 19.2. The summed E-state index contributed by atoms with van der Waals surface area (Å²) in [7, 11) is 0. The lowest BCUT2D eigenvalue weighted by molar-refractivity contribution is -0.00442. The van der Waals surface area contributed by atoms with Crippen LogP contribution >= 0.6 is 0 Å². The Balaban J connectivity index is 1.46. The second-order valence-electron chi connectivity index (χ2n) is 11.2. The first-order valence-electron chi connectivity index (χ1n) is 13.2. The molecule has 0 atom stereocenters. The maximum absolute atomic E-state index is 13.7. The average molecular weight is 519 g/mol. The summed E-state index contributed by atoms with van der Waals surface area (Å²) < 4.78 is 10.9. The van der Waals surface area contributed by atoms with Gasteiger partial charge in [-0.3, -0.25) is 29.0 Å². The SMILES string of the molecule is CC(C)(C(=O)c1ccc2c(c1)C(=O)c1cc(C(=O)C(C)(C)N3CCOCC3)ccc1C2=O)N1CCOCC1. The summed E-state index contributed by atoms with van der Waals surface area (Å²) in [6.07, 6.45) is 0. The van der Waals surface area contributed by atoms with E-state index in [0.717, 1.165) is 0 Å². The van der Waals surface area contributed by atoms with Crippen LogP contribution in [0.5, 0.6) is 0 Å². The highest BCUT2D eigenvalue weighted by atomic mass is 16.5. The second-order valence-corrected chi connectivity index (χ2v) is 11.2. The molecular weight excluding hydrogens is 484 g/mol. The minimum Gasteiger partial charge on any atom is -0.379 e. The van der Waals surface area contributed by atoms with Gasteiger partial charge in [-0.1, -0.05) is 12.1 Å². The molecule has 5 rings (SSSR count). The first kappa shape index (κ1) is 26.6. The third-order valence-electron chi connectivity index (χ3n) is 8.26. The van der Waals surface area contributed by atoms with E-state index in [9.17, 15) is 19.2 Å². The molecule has 0 spiro atoms. The van der Waals surface area contributed by atoms with Crippen molar-refractivity contribution in [3.8, 4) is 0 Å². The van der Waals surface area contributed by atoms with Gasteiger partial charge in [0.05, 0.1) is 37.5 Å². The number of ketones is 4. The van der Waals surface area contributed by atoms with Crippen LogP contribution < -0.4 is 0 Å². The monoisotopic (exact) mass is 518 g/mol. The van der Waals surface area contributed by atoms with Crippen LogP contribution in [-0.2, 0) is 9.47 Å². The zero-order valence-corrected chi connectivity index (χ0v) is 22.5. The smallest absolute Gasteiger partial charge is 0.194 e. The summed E-state index contributed by atoms with van der Waals surface area (Å²) in [5.41, 5.74) is 0.124. The van der Waals surface area contributed by atoms with Gasteiger partial charge in [0.15, 0.2) is 23.1 Å². The molecular formula is C30H34N2O6. The highest BCUT2D eigenvalue weighted by Crippen LogP contribution is 2.32. The average Bonchev–Trinajstić information content (AvgIpc) is 2.95. The first-order chi connectivity index (χ1) is 18.0. The number of nitrogens with zero attached hydrogens (tertiary/aromatic N) is 2. The van der Waals surface area contributed by atoms with Gasteiger partial charge in [0, 0.05) is 59.6 Å². The van der Waals surface area contributed by atoms with Crippen molar-refractivity contribution in [2.24, 2.45) is 0 Å². The lowest BCUT2D eigenvalue weighted by Crippen LogP contribution is -2.54. The number of fused-ring (bicyclic) bond motifs is 2. The van der Waals surface area contributed by atoms with Gasteiger partial charge in [-0.15, -0.1) is 0 Å². The first-order valence-corrected chi connectivity index (χ1v) is 13.2. The van der Waals surface area contributed by atoms with Crippen molar-refractivity contribution in [2.75, 3.05) is 52.6 Å². The van der Waals surface area contributed by atoms with E-state index >= 15 is 0 Å². The highest BCUT2D eigenvalue weighted by Gasteiger charge is 2.39. The van der Waals surface area contributed by atoms with Crippen LogP contribution in [0.1, 0.15) is 80.3 Å². The number of ether oxygens (including phenoxy) is 2. The number of hydrogen-bond acceptors (Lipinski definition) is 8. The molecule has 0 aromatic heterocycles. The number of benzene rings is 2. The molecule has 2 aliphatic heterocycles. The van der Waals surface area contributed by atoms with Crippen molar-refractivity contribution in [3.63, 3.8) is 0 Å². The lowest BCUT2D eigenvalue weighted by Gasteiger charge is -2.39. The van der Waals surface area contributed by atoms with Crippen molar-refractivity contribution in [3.05, 3.63) is 69.8 Å². The van der Waals surface area contributed by atoms with Gasteiger partial charge >= 0.3 is 0 Å². The highest BCUT2D eigenvalue weighted by molar-refractivity contribution is 6.29. The van der Waals surface area contributed by atoms with Crippen LogP contribution in [0.2, 0.25) is 0 Å². The molecule has 0 unspecified atom stereocenters. The number of hydrogen-bond donors (Lipinski definition) is 0. The van der Waals surface area contributed by atoms with Gasteiger partial charge in [0.2, 0.25) is 0 Å². The van der Waals surface area contributed by atoms with Crippen LogP contribution in [0.15, 0.2) is 36.4 Å². The molecule has 8 heteroatoms. The molecule has 2 heterocycles. The molecule has 200 valence electrons. The van der Waals surface area contributed by atoms with Gasteiger partial charge in [-0.2, -0.15) is 0 Å². The molecule has 3 aliphatic rings. The minimum absolute atomic E-state index is 0.121. The molecule has 1 aliphatic carbocycles. The molecule has 0 radical (unpaired) electrons. The summed E-state index contributed by atoms with van der Waals surface area (Å²) >= 11 is 0. The maximum atomic E-state index is 13.7. The van der Waals surface area contributed by atoms with Crippen molar-refractivity contribution < 1.29 is 28.7 Å². The van der Waals surface area contributed by atoms with Crippen molar-refractivity contribution in [2.45, 2.75) is 38.8 Å². The Morgan fingerprint density at radius 1 is 0.605 bits per heavy atom. The summed E-state index contributed by atoms with van der Waals surface area (Å²) in [6, 6.07) is 9.47. The summed E-state index contributed by atoms with van der Waals surface area (Å²) in [5.74, 6) is -0.881. The zero-order valence-electron chi connectivity index (χ0n) is 22.5. The maximum Gasteiger partial charge on any atom is 0.194 e. The Kier molecular flexibility index (Phi) is 6.94. The number of Topliss-reactive ketones (excluding diaryl/α,β-unsaturated/α-hetero) is 2. The molecule has 0 bridgehead atoms. The predicted molar refractivity (Wildman–Crippen MR) is 141 cm³/mol. The van der Waals surface area contributed by atoms with E-state index in [0.29, 0.717) is 63.7 Å². The van der Waals surface area contributed by atoms with E-state index in [1.165, 1.54) is 12.1 Å². The Morgan fingerprint density at radius 2 is 0.947 bits per heavy atom. The van der Waals surface area contributed by atoms with E-state index in [4.69, 9.17) is 9.47 Å². The molecule has 2 aromatic carbocycles. The van der Waals surface area contributed by atoms with Crippen LogP contribution in [0.4, 0.5) is 0 Å². The number of carbonyl (C=O) groups is 4. The summed E-state index contributed by atoms with van der Waals surface area (Å²) in [6.45, 7) is 12.3. The quantitative estimate of drug-likeness (QED) is 0.460. The lowest BCUT2D eigenvalue weighted by atomic mass is 9.80. The fourth-order valence-electron chi connectivity index (χ4n) is 5.67. The standard InChI is InChI=1S/C30H34N2O6/c1-29(2,31-9-13-37-14-10-31)27(35)19-5-7-21-23(17-19)26(34)24-18-20(6-8-22(24)25(21)33)28(36)30(3,4)32-11-15-38-16-12-32/h5-8,17-18H,9-16H2,1-4H3. The van der Waals surface area contributed by atoms with Crippen LogP contribution in [0.25, 0.3) is 0 Å². The van der Waals surface area contributed by atoms with Crippen molar-refractivity contribution in [1.29, 1.82) is 0 Å². The number of carbonyl (C=O) groups excluding carboxylic acids is 4. The third kappa shape index (κ3) is 4.45. The number of morpholine rings is 2. The van der Waals surface area contributed by atoms with Gasteiger partial charge in [0.25, 0.3) is 0 Å². The number of rotatable bonds is 6. The van der Waals surface area contributed by atoms with Gasteiger partial charge in [-0.05, 0) is 52.0 Å². The Labute approximate surface area is 222 Å². The second kappa shape index (κ2) is 9.93. The minimum atomic E-state index is -0.789. The molecule has 2 aromatic rings.